The molecule has 1 saturated carbocycles. The number of rotatable bonds is 5. The van der Waals surface area contributed by atoms with E-state index in [1.54, 1.807) is 0 Å². The molecule has 3 unspecified atom stereocenters. The zero-order chi connectivity index (χ0) is 21.8. The largest absolute Gasteiger partial charge is 0.341 e. The van der Waals surface area contributed by atoms with Gasteiger partial charge in [0.2, 0.25) is 5.95 Å². The number of piperidine rings is 1. The van der Waals surface area contributed by atoms with Gasteiger partial charge in [-0.2, -0.15) is 4.98 Å². The Kier molecular flexibility index (Phi) is 4.77. The number of hydrogen-bond acceptors (Lipinski definition) is 5. The van der Waals surface area contributed by atoms with Crippen molar-refractivity contribution in [1.82, 2.24) is 19.1 Å². The third-order valence-electron chi connectivity index (χ3n) is 7.19. The second-order valence-electron chi connectivity index (χ2n) is 9.28. The van der Waals surface area contributed by atoms with E-state index in [4.69, 9.17) is 10.7 Å². The van der Waals surface area contributed by atoms with Gasteiger partial charge < -0.3 is 10.6 Å². The summed E-state index contributed by atoms with van der Waals surface area (Å²) in [4.78, 5) is 35.3. The molecule has 1 aliphatic heterocycles. The van der Waals surface area contributed by atoms with E-state index in [1.165, 1.54) is 12.6 Å². The molecular weight excluding hydrogens is 392 g/mol. The van der Waals surface area contributed by atoms with Crippen LogP contribution < -0.4 is 21.9 Å². The first-order valence-electron chi connectivity index (χ1n) is 11.2. The Morgan fingerprint density at radius 2 is 2.00 bits per heavy atom. The van der Waals surface area contributed by atoms with E-state index >= 15 is 0 Å². The molecule has 8 heteroatoms. The summed E-state index contributed by atoms with van der Waals surface area (Å²) >= 11 is 0. The molecule has 0 spiro atoms. The van der Waals surface area contributed by atoms with Gasteiger partial charge in [-0.1, -0.05) is 37.3 Å². The molecule has 3 heterocycles. The number of aromatic nitrogens is 4. The molecule has 3 aromatic rings. The van der Waals surface area contributed by atoms with Crippen LogP contribution in [0.3, 0.4) is 0 Å². The van der Waals surface area contributed by atoms with Gasteiger partial charge in [0.25, 0.3) is 5.56 Å². The van der Waals surface area contributed by atoms with Crippen LogP contribution in [0.25, 0.3) is 11.2 Å². The van der Waals surface area contributed by atoms with Gasteiger partial charge in [0.05, 0.1) is 5.54 Å². The molecule has 0 amide bonds. The quantitative estimate of drug-likeness (QED) is 0.652. The van der Waals surface area contributed by atoms with Crippen molar-refractivity contribution in [2.45, 2.75) is 50.6 Å². The highest BCUT2D eigenvalue weighted by atomic mass is 16.2. The summed E-state index contributed by atoms with van der Waals surface area (Å²) in [6.07, 6.45) is 4.81. The lowest BCUT2D eigenvalue weighted by molar-refractivity contribution is 0.409. The van der Waals surface area contributed by atoms with E-state index in [-0.39, 0.29) is 17.1 Å². The summed E-state index contributed by atoms with van der Waals surface area (Å²) in [6.45, 7) is 3.79. The predicted molar refractivity (Wildman–Crippen MR) is 122 cm³/mol. The molecule has 2 aromatic heterocycles. The van der Waals surface area contributed by atoms with Crippen molar-refractivity contribution in [3.63, 3.8) is 0 Å². The fraction of sp³-hybridized carbons (Fsp3) is 0.522. The number of aryl methyl sites for hydroxylation is 1. The Hall–Kier alpha value is -2.87. The Morgan fingerprint density at radius 3 is 2.68 bits per heavy atom. The topological polar surface area (TPSA) is 102 Å². The van der Waals surface area contributed by atoms with Gasteiger partial charge in [0.15, 0.2) is 11.2 Å². The molecule has 0 radical (unpaired) electrons. The van der Waals surface area contributed by atoms with Crippen molar-refractivity contribution in [3.05, 3.63) is 56.7 Å². The summed E-state index contributed by atoms with van der Waals surface area (Å²) in [6, 6.07) is 10.5. The van der Waals surface area contributed by atoms with Crippen molar-refractivity contribution in [2.75, 3.05) is 18.0 Å². The summed E-state index contributed by atoms with van der Waals surface area (Å²) < 4.78 is 3.29. The molecule has 5 rings (SSSR count). The first kappa shape index (κ1) is 20.1. The molecule has 8 nitrogen and oxygen atoms in total. The molecule has 1 aliphatic carbocycles. The molecule has 2 aliphatic rings. The maximum Gasteiger partial charge on any atom is 0.329 e. The van der Waals surface area contributed by atoms with Crippen molar-refractivity contribution < 1.29 is 0 Å². The zero-order valence-corrected chi connectivity index (χ0v) is 18.2. The number of nitrogens with two attached hydrogens (primary N) is 1. The standard InChI is InChI=1S/C23H30N6O2/c1-15-13-23(15,11-10-16-7-4-3-5-8-16)29-18-19(26-22(31)27(2)20(18)30)25-21(29)28-12-6-9-17(24)14-28/h3-5,7-8,15,17H,6,9-14,24H2,1-2H3,(H,26,31). The van der Waals surface area contributed by atoms with E-state index in [2.05, 4.69) is 45.6 Å². The van der Waals surface area contributed by atoms with E-state index in [0.717, 1.165) is 49.2 Å². The second-order valence-corrected chi connectivity index (χ2v) is 9.28. The average Bonchev–Trinajstić information content (AvgIpc) is 3.26. The SMILES string of the molecule is CC1CC1(CCc1ccccc1)n1c(N2CCCC(N)C2)nc2[nH]c(=O)n(C)c(=O)c21. The lowest BCUT2D eigenvalue weighted by Gasteiger charge is -2.34. The number of imidazole rings is 1. The lowest BCUT2D eigenvalue weighted by atomic mass is 10.0. The Bertz CT molecular complexity index is 1230. The second kappa shape index (κ2) is 7.37. The predicted octanol–water partition coefficient (Wildman–Crippen LogP) is 1.72. The van der Waals surface area contributed by atoms with E-state index in [1.807, 2.05) is 6.07 Å². The van der Waals surface area contributed by atoms with Crippen LogP contribution in [0.2, 0.25) is 0 Å². The fourth-order valence-corrected chi connectivity index (χ4v) is 5.20. The monoisotopic (exact) mass is 422 g/mol. The van der Waals surface area contributed by atoms with Crippen LogP contribution in [-0.4, -0.2) is 38.2 Å². The minimum atomic E-state index is -0.439. The Morgan fingerprint density at radius 1 is 1.26 bits per heavy atom. The van der Waals surface area contributed by atoms with Gasteiger partial charge >= 0.3 is 5.69 Å². The Labute approximate surface area is 180 Å². The Balaban J connectivity index is 1.66. The van der Waals surface area contributed by atoms with Crippen LogP contribution in [0.1, 0.15) is 38.2 Å². The maximum atomic E-state index is 13.2. The summed E-state index contributed by atoms with van der Waals surface area (Å²) in [7, 11) is 1.52. The van der Waals surface area contributed by atoms with Gasteiger partial charge in [0.1, 0.15) is 0 Å². The molecule has 31 heavy (non-hydrogen) atoms. The van der Waals surface area contributed by atoms with Gasteiger partial charge in [-0.05, 0) is 43.6 Å². The van der Waals surface area contributed by atoms with Crippen LogP contribution in [0.4, 0.5) is 5.95 Å². The minimum Gasteiger partial charge on any atom is -0.341 e. The summed E-state index contributed by atoms with van der Waals surface area (Å²) in [5.74, 6) is 1.18. The third-order valence-corrected chi connectivity index (χ3v) is 7.19. The third kappa shape index (κ3) is 3.29. The number of H-pyrrole nitrogens is 1. The zero-order valence-electron chi connectivity index (χ0n) is 18.2. The number of anilines is 1. The molecular formula is C23H30N6O2. The smallest absolute Gasteiger partial charge is 0.329 e. The lowest BCUT2D eigenvalue weighted by Crippen LogP contribution is -2.45. The highest BCUT2D eigenvalue weighted by molar-refractivity contribution is 5.75. The number of nitrogens with zero attached hydrogens (tertiary/aromatic N) is 4. The van der Waals surface area contributed by atoms with Gasteiger partial charge in [-0.15, -0.1) is 0 Å². The van der Waals surface area contributed by atoms with Crippen molar-refractivity contribution in [3.8, 4) is 0 Å². The molecule has 0 bridgehead atoms. The van der Waals surface area contributed by atoms with Crippen LogP contribution in [0, 0.1) is 5.92 Å². The van der Waals surface area contributed by atoms with Crippen LogP contribution in [0.5, 0.6) is 0 Å². The molecule has 2 fully saturated rings. The first-order valence-corrected chi connectivity index (χ1v) is 11.2. The number of fused-ring (bicyclic) bond motifs is 1. The minimum absolute atomic E-state index is 0.0841. The van der Waals surface area contributed by atoms with Gasteiger partial charge in [0, 0.05) is 26.2 Å². The number of nitrogens with one attached hydrogen (secondary N) is 1. The van der Waals surface area contributed by atoms with E-state index in [9.17, 15) is 9.59 Å². The molecule has 164 valence electrons. The van der Waals surface area contributed by atoms with Crippen LogP contribution in [-0.2, 0) is 19.0 Å². The summed E-state index contributed by atoms with van der Waals surface area (Å²) in [5.41, 5.74) is 7.50. The highest BCUT2D eigenvalue weighted by Gasteiger charge is 2.54. The maximum absolute atomic E-state index is 13.2. The number of hydrogen-bond donors (Lipinski definition) is 2. The number of aromatic amines is 1. The van der Waals surface area contributed by atoms with E-state index < -0.39 is 5.69 Å². The van der Waals surface area contributed by atoms with Crippen LogP contribution in [0.15, 0.2) is 39.9 Å². The van der Waals surface area contributed by atoms with E-state index in [0.29, 0.717) is 23.6 Å². The first-order chi connectivity index (χ1) is 14.9. The normalized spacial score (nSPS) is 25.8. The van der Waals surface area contributed by atoms with Crippen molar-refractivity contribution >= 4 is 17.1 Å². The van der Waals surface area contributed by atoms with Gasteiger partial charge in [-0.25, -0.2) is 4.79 Å². The highest BCUT2D eigenvalue weighted by Crippen LogP contribution is 2.55. The molecule has 3 N–H and O–H groups in total. The summed E-state index contributed by atoms with van der Waals surface area (Å²) in [5, 5.41) is 0. The van der Waals surface area contributed by atoms with Crippen molar-refractivity contribution in [2.24, 2.45) is 18.7 Å². The average molecular weight is 423 g/mol. The molecule has 1 saturated heterocycles. The number of benzene rings is 1. The van der Waals surface area contributed by atoms with Crippen LogP contribution >= 0.6 is 0 Å². The fourth-order valence-electron chi connectivity index (χ4n) is 5.20. The molecule has 1 aromatic carbocycles. The molecule has 3 atom stereocenters. The van der Waals surface area contributed by atoms with Crippen molar-refractivity contribution in [1.29, 1.82) is 0 Å². The van der Waals surface area contributed by atoms with Gasteiger partial charge in [-0.3, -0.25) is 18.9 Å².